The van der Waals surface area contributed by atoms with Gasteiger partial charge in [0.05, 0.1) is 17.5 Å². The van der Waals surface area contributed by atoms with Gasteiger partial charge >= 0.3 is 0 Å². The van der Waals surface area contributed by atoms with Gasteiger partial charge < -0.3 is 0 Å². The Hall–Kier alpha value is -1.97. The highest BCUT2D eigenvalue weighted by Crippen LogP contribution is 2.53. The molecule has 1 aromatic carbocycles. The van der Waals surface area contributed by atoms with Gasteiger partial charge in [-0.3, -0.25) is 9.59 Å². The molecule has 4 rings (SSSR count). The third-order valence-corrected chi connectivity index (χ3v) is 4.88. The monoisotopic (exact) mass is 271 g/mol. The molecule has 0 N–H and O–H groups in total. The van der Waals surface area contributed by atoms with Crippen LogP contribution in [0.2, 0.25) is 0 Å². The molecule has 0 spiro atoms. The number of imide groups is 1. The molecule has 2 amide bonds. The number of rotatable bonds is 1. The Morgan fingerprint density at radius 3 is 2.30 bits per heavy atom. The first-order valence-electron chi connectivity index (χ1n) is 6.90. The van der Waals surface area contributed by atoms with Crippen molar-refractivity contribution < 1.29 is 14.0 Å². The molecule has 1 saturated heterocycles. The van der Waals surface area contributed by atoms with Crippen LogP contribution >= 0.6 is 0 Å². The van der Waals surface area contributed by atoms with Gasteiger partial charge in [0.2, 0.25) is 11.8 Å². The molecular weight excluding hydrogens is 257 g/mol. The number of hydrogen-bond acceptors (Lipinski definition) is 2. The Kier molecular flexibility index (Phi) is 2.23. The van der Waals surface area contributed by atoms with E-state index in [1.165, 1.54) is 17.0 Å². The average molecular weight is 271 g/mol. The number of fused-ring (bicyclic) bond motifs is 5. The van der Waals surface area contributed by atoms with E-state index >= 15 is 0 Å². The van der Waals surface area contributed by atoms with E-state index in [2.05, 4.69) is 12.2 Å². The number of benzene rings is 1. The summed E-state index contributed by atoms with van der Waals surface area (Å²) in [6, 6.07) is 4.23. The third kappa shape index (κ3) is 1.34. The van der Waals surface area contributed by atoms with Crippen LogP contribution in [0.1, 0.15) is 12.0 Å². The molecule has 1 aliphatic heterocycles. The lowest BCUT2D eigenvalue weighted by Crippen LogP contribution is -2.33. The van der Waals surface area contributed by atoms with Crippen molar-refractivity contribution in [3.8, 4) is 0 Å². The molecule has 1 heterocycles. The minimum atomic E-state index is -0.427. The van der Waals surface area contributed by atoms with Crippen LogP contribution in [0.5, 0.6) is 0 Å². The zero-order valence-electron chi connectivity index (χ0n) is 11.0. The van der Waals surface area contributed by atoms with E-state index in [9.17, 15) is 14.0 Å². The van der Waals surface area contributed by atoms with Crippen LogP contribution in [0, 0.1) is 36.4 Å². The Labute approximate surface area is 116 Å². The molecule has 1 aromatic rings. The zero-order valence-corrected chi connectivity index (χ0v) is 11.0. The van der Waals surface area contributed by atoms with Crippen molar-refractivity contribution in [3.05, 3.63) is 41.7 Å². The van der Waals surface area contributed by atoms with Crippen LogP contribution in [0.25, 0.3) is 0 Å². The fourth-order valence-electron chi connectivity index (χ4n) is 3.96. The van der Waals surface area contributed by atoms with E-state index in [1.807, 2.05) is 0 Å². The molecule has 2 bridgehead atoms. The van der Waals surface area contributed by atoms with Gasteiger partial charge in [0.15, 0.2) is 0 Å². The van der Waals surface area contributed by atoms with Gasteiger partial charge in [-0.1, -0.05) is 18.2 Å². The van der Waals surface area contributed by atoms with Crippen LogP contribution in [-0.2, 0) is 9.59 Å². The molecular formula is C16H14FNO2. The number of carbonyl (C=O) groups is 2. The molecule has 3 aliphatic rings. The van der Waals surface area contributed by atoms with Crippen LogP contribution in [-0.4, -0.2) is 11.8 Å². The molecule has 0 aromatic heterocycles. The van der Waals surface area contributed by atoms with E-state index in [4.69, 9.17) is 0 Å². The fraction of sp³-hybridized carbons (Fsp3) is 0.375. The van der Waals surface area contributed by atoms with Crippen molar-refractivity contribution in [1.29, 1.82) is 0 Å². The SMILES string of the molecule is Cc1ccc(F)cc1N1C(=O)[C@@H]2[C@H](C1=O)[C@H]1C=C[C@H]2C1. The predicted octanol–water partition coefficient (Wildman–Crippen LogP) is 2.45. The molecule has 2 fully saturated rings. The number of halogens is 1. The van der Waals surface area contributed by atoms with Crippen LogP contribution in [0.3, 0.4) is 0 Å². The van der Waals surface area contributed by atoms with E-state index in [0.717, 1.165) is 12.0 Å². The molecule has 4 atom stereocenters. The normalized spacial score (nSPS) is 34.2. The largest absolute Gasteiger partial charge is 0.274 e. The van der Waals surface area contributed by atoms with Crippen LogP contribution < -0.4 is 4.90 Å². The summed E-state index contributed by atoms with van der Waals surface area (Å²) in [4.78, 5) is 26.4. The molecule has 102 valence electrons. The van der Waals surface area contributed by atoms with E-state index in [0.29, 0.717) is 5.69 Å². The van der Waals surface area contributed by atoms with Gasteiger partial charge in [-0.05, 0) is 42.9 Å². The topological polar surface area (TPSA) is 37.4 Å². The van der Waals surface area contributed by atoms with Gasteiger partial charge in [-0.2, -0.15) is 0 Å². The van der Waals surface area contributed by atoms with Crippen molar-refractivity contribution in [2.45, 2.75) is 13.3 Å². The predicted molar refractivity (Wildman–Crippen MR) is 71.3 cm³/mol. The van der Waals surface area contributed by atoms with Gasteiger partial charge in [-0.15, -0.1) is 0 Å². The first-order chi connectivity index (χ1) is 9.58. The number of aryl methyl sites for hydroxylation is 1. The van der Waals surface area contributed by atoms with Crippen molar-refractivity contribution >= 4 is 17.5 Å². The first kappa shape index (κ1) is 11.8. The highest BCUT2D eigenvalue weighted by Gasteiger charge is 2.59. The van der Waals surface area contributed by atoms with E-state index in [-0.39, 0.29) is 35.5 Å². The lowest BCUT2D eigenvalue weighted by molar-refractivity contribution is -0.123. The average Bonchev–Trinajstić information content (AvgIpc) is 3.08. The number of carbonyl (C=O) groups excluding carboxylic acids is 2. The maximum atomic E-state index is 13.4. The molecule has 0 unspecified atom stereocenters. The summed E-state index contributed by atoms with van der Waals surface area (Å²) in [5.41, 5.74) is 1.14. The smallest absolute Gasteiger partial charge is 0.238 e. The second-order valence-corrected chi connectivity index (χ2v) is 5.94. The zero-order chi connectivity index (χ0) is 14.0. The van der Waals surface area contributed by atoms with Gasteiger partial charge in [0.1, 0.15) is 5.82 Å². The fourth-order valence-corrected chi connectivity index (χ4v) is 3.96. The highest BCUT2D eigenvalue weighted by atomic mass is 19.1. The van der Waals surface area contributed by atoms with Gasteiger partial charge in [0.25, 0.3) is 0 Å². The molecule has 1 saturated carbocycles. The highest BCUT2D eigenvalue weighted by molar-refractivity contribution is 6.23. The number of nitrogens with zero attached hydrogens (tertiary/aromatic N) is 1. The number of allylic oxidation sites excluding steroid dienone is 2. The quantitative estimate of drug-likeness (QED) is 0.581. The Morgan fingerprint density at radius 1 is 1.10 bits per heavy atom. The molecule has 3 nitrogen and oxygen atoms in total. The third-order valence-electron chi connectivity index (χ3n) is 4.88. The van der Waals surface area contributed by atoms with Gasteiger partial charge in [-0.25, -0.2) is 9.29 Å². The molecule has 20 heavy (non-hydrogen) atoms. The lowest BCUT2D eigenvalue weighted by atomic mass is 9.85. The number of hydrogen-bond donors (Lipinski definition) is 0. The first-order valence-corrected chi connectivity index (χ1v) is 6.90. The summed E-state index contributed by atoms with van der Waals surface area (Å²) in [7, 11) is 0. The molecule has 2 aliphatic carbocycles. The number of amides is 2. The van der Waals surface area contributed by atoms with Crippen molar-refractivity contribution in [2.75, 3.05) is 4.90 Å². The Balaban J connectivity index is 1.80. The number of anilines is 1. The van der Waals surface area contributed by atoms with Crippen LogP contribution in [0.15, 0.2) is 30.4 Å². The lowest BCUT2D eigenvalue weighted by Gasteiger charge is -2.19. The molecule has 0 radical (unpaired) electrons. The summed E-state index contributed by atoms with van der Waals surface area (Å²) in [6.45, 7) is 1.79. The van der Waals surface area contributed by atoms with Crippen LogP contribution in [0.4, 0.5) is 10.1 Å². The Morgan fingerprint density at radius 2 is 1.70 bits per heavy atom. The van der Waals surface area contributed by atoms with E-state index < -0.39 is 5.82 Å². The summed E-state index contributed by atoms with van der Waals surface area (Å²) < 4.78 is 13.4. The minimum absolute atomic E-state index is 0.162. The standard InChI is InChI=1S/C16H14FNO2/c1-8-2-5-11(17)7-12(8)18-15(19)13-9-3-4-10(6-9)14(13)16(18)20/h2-5,7,9-10,13-14H,6H2,1H3/t9-,10-,13-,14+/m0/s1. The summed E-state index contributed by atoms with van der Waals surface area (Å²) in [5, 5.41) is 0. The molecule has 4 heteroatoms. The Bertz CT molecular complexity index is 636. The van der Waals surface area contributed by atoms with Crippen molar-refractivity contribution in [3.63, 3.8) is 0 Å². The summed E-state index contributed by atoms with van der Waals surface area (Å²) in [5.74, 6) is -0.860. The summed E-state index contributed by atoms with van der Waals surface area (Å²) in [6.07, 6.45) is 5.01. The van der Waals surface area contributed by atoms with Gasteiger partial charge in [0, 0.05) is 0 Å². The summed E-state index contributed by atoms with van der Waals surface area (Å²) >= 11 is 0. The second-order valence-electron chi connectivity index (χ2n) is 5.94. The maximum absolute atomic E-state index is 13.4. The minimum Gasteiger partial charge on any atom is -0.274 e. The van der Waals surface area contributed by atoms with Crippen molar-refractivity contribution in [2.24, 2.45) is 23.7 Å². The second kappa shape index (κ2) is 3.78. The maximum Gasteiger partial charge on any atom is 0.238 e. The van der Waals surface area contributed by atoms with E-state index in [1.54, 1.807) is 13.0 Å². The van der Waals surface area contributed by atoms with Crippen molar-refractivity contribution in [1.82, 2.24) is 0 Å².